The zero-order valence-electron chi connectivity index (χ0n) is 11.3. The third-order valence-corrected chi connectivity index (χ3v) is 2.72. The number of carbonyl (C=O) groups is 1. The third-order valence-electron chi connectivity index (χ3n) is 2.72. The number of carboxylic acids is 1. The molecule has 2 N–H and O–H groups in total. The maximum absolute atomic E-state index is 10.8. The fourth-order valence-corrected chi connectivity index (χ4v) is 1.64. The van der Waals surface area contributed by atoms with Crippen LogP contribution in [0, 0.1) is 5.41 Å². The maximum atomic E-state index is 10.8. The average molecular weight is 262 g/mol. The van der Waals surface area contributed by atoms with Gasteiger partial charge in [0, 0.05) is 6.54 Å². The van der Waals surface area contributed by atoms with Gasteiger partial charge in [0.1, 0.15) is 5.82 Å². The Hall–Kier alpha value is -2.11. The second-order valence-corrected chi connectivity index (χ2v) is 5.69. The van der Waals surface area contributed by atoms with E-state index < -0.39 is 5.97 Å². The van der Waals surface area contributed by atoms with Crippen molar-refractivity contribution >= 4 is 17.4 Å². The van der Waals surface area contributed by atoms with Crippen molar-refractivity contribution in [1.29, 1.82) is 0 Å². The Morgan fingerprint density at radius 2 is 2.16 bits per heavy atom. The minimum absolute atomic E-state index is 0.000610. The molecular weight excluding hydrogens is 244 g/mol. The van der Waals surface area contributed by atoms with Crippen LogP contribution in [0.2, 0.25) is 0 Å². The van der Waals surface area contributed by atoms with E-state index in [-0.39, 0.29) is 11.1 Å². The molecule has 0 aromatic carbocycles. The van der Waals surface area contributed by atoms with Crippen molar-refractivity contribution in [3.05, 3.63) is 24.0 Å². The molecule has 0 unspecified atom stereocenters. The Morgan fingerprint density at radius 1 is 1.42 bits per heavy atom. The van der Waals surface area contributed by atoms with E-state index in [1.165, 1.54) is 10.7 Å². The van der Waals surface area contributed by atoms with E-state index in [4.69, 9.17) is 5.11 Å². The molecule has 2 rings (SSSR count). The summed E-state index contributed by atoms with van der Waals surface area (Å²) in [5.41, 5.74) is 0.792. The maximum Gasteiger partial charge on any atom is 0.356 e. The average Bonchev–Trinajstić information content (AvgIpc) is 2.70. The molecule has 6 heteroatoms. The van der Waals surface area contributed by atoms with Crippen molar-refractivity contribution in [1.82, 2.24) is 14.6 Å². The Balaban J connectivity index is 2.11. The van der Waals surface area contributed by atoms with Gasteiger partial charge in [0.15, 0.2) is 11.3 Å². The quantitative estimate of drug-likeness (QED) is 0.883. The lowest BCUT2D eigenvalue weighted by Gasteiger charge is -2.18. The Kier molecular flexibility index (Phi) is 3.42. The Morgan fingerprint density at radius 3 is 2.79 bits per heavy atom. The predicted octanol–water partition coefficient (Wildman–Crippen LogP) is 2.28. The van der Waals surface area contributed by atoms with Crippen LogP contribution in [0.4, 0.5) is 5.82 Å². The van der Waals surface area contributed by atoms with Crippen LogP contribution in [0.25, 0.3) is 5.65 Å². The molecule has 102 valence electrons. The van der Waals surface area contributed by atoms with E-state index in [0.29, 0.717) is 11.5 Å². The van der Waals surface area contributed by atoms with Gasteiger partial charge in [-0.05, 0) is 24.0 Å². The second kappa shape index (κ2) is 4.87. The first-order valence-electron chi connectivity index (χ1n) is 6.19. The molecule has 0 radical (unpaired) electrons. The molecule has 0 spiro atoms. The zero-order chi connectivity index (χ0) is 14.0. The number of imidazole rings is 1. The molecule has 0 saturated heterocycles. The standard InChI is InChI=1S/C13H18N4O2/c1-13(2,3)6-7-14-10-4-5-11-15-9(12(18)19)8-17(11)16-10/h4-5,8H,6-7H2,1-3H3,(H,14,16)(H,18,19). The molecule has 2 heterocycles. The minimum atomic E-state index is -1.05. The molecule has 0 aliphatic rings. The number of nitrogens with one attached hydrogen (secondary N) is 1. The van der Waals surface area contributed by atoms with Crippen molar-refractivity contribution in [3.8, 4) is 0 Å². The molecular formula is C13H18N4O2. The van der Waals surface area contributed by atoms with Gasteiger partial charge in [-0.1, -0.05) is 20.8 Å². The summed E-state index contributed by atoms with van der Waals surface area (Å²) in [5, 5.41) is 16.4. The number of hydrogen-bond acceptors (Lipinski definition) is 4. The number of nitrogens with zero attached hydrogens (tertiary/aromatic N) is 3. The second-order valence-electron chi connectivity index (χ2n) is 5.69. The summed E-state index contributed by atoms with van der Waals surface area (Å²) in [6.07, 6.45) is 2.43. The molecule has 2 aromatic heterocycles. The van der Waals surface area contributed by atoms with Gasteiger partial charge < -0.3 is 10.4 Å². The van der Waals surface area contributed by atoms with Crippen LogP contribution >= 0.6 is 0 Å². The van der Waals surface area contributed by atoms with E-state index in [1.54, 1.807) is 12.1 Å². The normalized spacial score (nSPS) is 11.7. The van der Waals surface area contributed by atoms with Crippen LogP contribution in [-0.2, 0) is 0 Å². The smallest absolute Gasteiger partial charge is 0.356 e. The molecule has 19 heavy (non-hydrogen) atoms. The lowest BCUT2D eigenvalue weighted by atomic mass is 9.92. The van der Waals surface area contributed by atoms with E-state index in [1.807, 2.05) is 0 Å². The lowest BCUT2D eigenvalue weighted by Crippen LogP contribution is -2.13. The van der Waals surface area contributed by atoms with Crippen LogP contribution in [0.3, 0.4) is 0 Å². The van der Waals surface area contributed by atoms with Crippen LogP contribution in [0.15, 0.2) is 18.3 Å². The van der Waals surface area contributed by atoms with Gasteiger partial charge in [0.25, 0.3) is 0 Å². The molecule has 0 fully saturated rings. The number of aromatic nitrogens is 3. The van der Waals surface area contributed by atoms with E-state index in [0.717, 1.165) is 13.0 Å². The molecule has 0 amide bonds. The summed E-state index contributed by atoms with van der Waals surface area (Å²) in [6, 6.07) is 3.55. The summed E-state index contributed by atoms with van der Waals surface area (Å²) in [4.78, 5) is 14.8. The fraction of sp³-hybridized carbons (Fsp3) is 0.462. The summed E-state index contributed by atoms with van der Waals surface area (Å²) < 4.78 is 1.48. The first-order valence-corrected chi connectivity index (χ1v) is 6.19. The minimum Gasteiger partial charge on any atom is -0.476 e. The van der Waals surface area contributed by atoms with E-state index in [2.05, 4.69) is 36.2 Å². The highest BCUT2D eigenvalue weighted by atomic mass is 16.4. The van der Waals surface area contributed by atoms with E-state index in [9.17, 15) is 4.79 Å². The topological polar surface area (TPSA) is 79.5 Å². The largest absolute Gasteiger partial charge is 0.476 e. The van der Waals surface area contributed by atoms with Gasteiger partial charge in [-0.3, -0.25) is 0 Å². The Bertz CT molecular complexity index is 598. The van der Waals surface area contributed by atoms with E-state index >= 15 is 0 Å². The molecule has 0 saturated carbocycles. The van der Waals surface area contributed by atoms with Gasteiger partial charge >= 0.3 is 5.97 Å². The highest BCUT2D eigenvalue weighted by Gasteiger charge is 2.11. The SMILES string of the molecule is CC(C)(C)CCNc1ccc2nc(C(=O)O)cn2n1. The van der Waals surface area contributed by atoms with Crippen molar-refractivity contribution < 1.29 is 9.90 Å². The third kappa shape index (κ3) is 3.43. The summed E-state index contributed by atoms with van der Waals surface area (Å²) in [6.45, 7) is 7.36. The van der Waals surface area contributed by atoms with Gasteiger partial charge in [-0.2, -0.15) is 0 Å². The summed E-state index contributed by atoms with van der Waals surface area (Å²) in [5.74, 6) is -0.334. The number of rotatable bonds is 4. The molecule has 6 nitrogen and oxygen atoms in total. The Labute approximate surface area is 111 Å². The number of anilines is 1. The van der Waals surface area contributed by atoms with Gasteiger partial charge in [-0.25, -0.2) is 14.3 Å². The van der Waals surface area contributed by atoms with Crippen LogP contribution in [-0.4, -0.2) is 32.2 Å². The van der Waals surface area contributed by atoms with Crippen LogP contribution in [0.1, 0.15) is 37.7 Å². The van der Waals surface area contributed by atoms with Crippen molar-refractivity contribution in [2.24, 2.45) is 5.41 Å². The van der Waals surface area contributed by atoms with Crippen molar-refractivity contribution in [2.75, 3.05) is 11.9 Å². The molecule has 0 bridgehead atoms. The highest BCUT2D eigenvalue weighted by molar-refractivity contribution is 5.86. The molecule has 2 aromatic rings. The van der Waals surface area contributed by atoms with Crippen molar-refractivity contribution in [2.45, 2.75) is 27.2 Å². The monoisotopic (exact) mass is 262 g/mol. The summed E-state index contributed by atoms with van der Waals surface area (Å²) in [7, 11) is 0. The number of carboxylic acid groups (broad SMARTS) is 1. The fourth-order valence-electron chi connectivity index (χ4n) is 1.64. The van der Waals surface area contributed by atoms with Crippen LogP contribution < -0.4 is 5.32 Å². The molecule has 0 atom stereocenters. The van der Waals surface area contributed by atoms with Gasteiger partial charge in [-0.15, -0.1) is 5.10 Å². The number of fused-ring (bicyclic) bond motifs is 1. The van der Waals surface area contributed by atoms with Crippen LogP contribution in [0.5, 0.6) is 0 Å². The zero-order valence-corrected chi connectivity index (χ0v) is 11.3. The first-order chi connectivity index (χ1) is 8.85. The summed E-state index contributed by atoms with van der Waals surface area (Å²) >= 11 is 0. The number of hydrogen-bond donors (Lipinski definition) is 2. The van der Waals surface area contributed by atoms with Gasteiger partial charge in [0.2, 0.25) is 0 Å². The molecule has 0 aliphatic carbocycles. The van der Waals surface area contributed by atoms with Gasteiger partial charge in [0.05, 0.1) is 6.20 Å². The first kappa shape index (κ1) is 13.3. The molecule has 0 aliphatic heterocycles. The number of aromatic carboxylic acids is 1. The highest BCUT2D eigenvalue weighted by Crippen LogP contribution is 2.18. The predicted molar refractivity (Wildman–Crippen MR) is 72.5 cm³/mol. The lowest BCUT2D eigenvalue weighted by molar-refractivity contribution is 0.0691. The van der Waals surface area contributed by atoms with Crippen molar-refractivity contribution in [3.63, 3.8) is 0 Å².